The van der Waals surface area contributed by atoms with Crippen molar-refractivity contribution in [1.29, 1.82) is 0 Å². The number of rotatable bonds is 1. The summed E-state index contributed by atoms with van der Waals surface area (Å²) in [4.78, 5) is 0. The van der Waals surface area contributed by atoms with Gasteiger partial charge in [0.2, 0.25) is 0 Å². The Labute approximate surface area is 62.6 Å². The highest BCUT2D eigenvalue weighted by molar-refractivity contribution is 5.23. The Kier molecular flexibility index (Phi) is 1.39. The van der Waals surface area contributed by atoms with E-state index in [9.17, 15) is 8.78 Å². The maximum atomic E-state index is 12.8. The minimum atomic E-state index is -0.807. The first-order chi connectivity index (χ1) is 5.29. The molecule has 1 aliphatic rings. The Morgan fingerprint density at radius 2 is 2.09 bits per heavy atom. The van der Waals surface area contributed by atoms with E-state index >= 15 is 0 Å². The summed E-state index contributed by atoms with van der Waals surface area (Å²) in [7, 11) is 0. The fourth-order valence-corrected chi connectivity index (χ4v) is 0.997. The van der Waals surface area contributed by atoms with Crippen LogP contribution in [0.2, 0.25) is 0 Å². The molecule has 11 heavy (non-hydrogen) atoms. The molecule has 0 amide bonds. The van der Waals surface area contributed by atoms with Crippen molar-refractivity contribution in [3.05, 3.63) is 35.4 Å². The second-order valence-electron chi connectivity index (χ2n) is 2.47. The monoisotopic (exact) mass is 156 g/mol. The number of epoxide rings is 1. The minimum Gasteiger partial charge on any atom is -0.368 e. The van der Waals surface area contributed by atoms with Crippen molar-refractivity contribution in [2.75, 3.05) is 6.61 Å². The van der Waals surface area contributed by atoms with Crippen molar-refractivity contribution in [2.45, 2.75) is 6.10 Å². The maximum absolute atomic E-state index is 12.8. The predicted molar refractivity (Wildman–Crippen MR) is 35.1 cm³/mol. The first-order valence-corrected chi connectivity index (χ1v) is 3.34. The van der Waals surface area contributed by atoms with E-state index in [1.807, 2.05) is 0 Å². The molecular weight excluding hydrogens is 150 g/mol. The lowest BCUT2D eigenvalue weighted by molar-refractivity contribution is 0.401. The van der Waals surface area contributed by atoms with Gasteiger partial charge in [-0.1, -0.05) is 12.1 Å². The van der Waals surface area contributed by atoms with Gasteiger partial charge in [-0.25, -0.2) is 8.78 Å². The van der Waals surface area contributed by atoms with Gasteiger partial charge in [0.1, 0.15) is 6.10 Å². The molecule has 3 heteroatoms. The van der Waals surface area contributed by atoms with Gasteiger partial charge >= 0.3 is 0 Å². The van der Waals surface area contributed by atoms with Gasteiger partial charge in [-0.15, -0.1) is 0 Å². The fourth-order valence-electron chi connectivity index (χ4n) is 0.997. The highest BCUT2D eigenvalue weighted by atomic mass is 19.2. The van der Waals surface area contributed by atoms with E-state index in [-0.39, 0.29) is 6.10 Å². The van der Waals surface area contributed by atoms with Crippen LogP contribution in [0.15, 0.2) is 18.2 Å². The van der Waals surface area contributed by atoms with Crippen LogP contribution in [-0.4, -0.2) is 6.61 Å². The topological polar surface area (TPSA) is 12.5 Å². The Morgan fingerprint density at radius 1 is 1.36 bits per heavy atom. The molecule has 1 heterocycles. The van der Waals surface area contributed by atoms with Crippen LogP contribution in [0.25, 0.3) is 0 Å². The predicted octanol–water partition coefficient (Wildman–Crippen LogP) is 2.04. The maximum Gasteiger partial charge on any atom is 0.164 e. The molecule has 1 fully saturated rings. The average Bonchev–Trinajstić information content (AvgIpc) is 2.77. The van der Waals surface area contributed by atoms with E-state index in [0.717, 1.165) is 6.07 Å². The molecule has 1 unspecified atom stereocenters. The van der Waals surface area contributed by atoms with Crippen molar-refractivity contribution < 1.29 is 13.5 Å². The molecule has 1 saturated heterocycles. The summed E-state index contributed by atoms with van der Waals surface area (Å²) in [5, 5.41) is 0. The highest BCUT2D eigenvalue weighted by Gasteiger charge is 2.28. The average molecular weight is 156 g/mol. The summed E-state index contributed by atoms with van der Waals surface area (Å²) in [5.74, 6) is -1.59. The Morgan fingerprint density at radius 3 is 2.73 bits per heavy atom. The van der Waals surface area contributed by atoms with E-state index in [1.54, 1.807) is 0 Å². The van der Waals surface area contributed by atoms with Gasteiger partial charge in [-0.2, -0.15) is 0 Å². The molecule has 0 radical (unpaired) electrons. The molecular formula is C8H6F2O. The standard InChI is InChI=1S/C8H6F2O/c9-6-3-1-2-5(8(6)10)7-4-11-7/h1-3,7H,4H2. The van der Waals surface area contributed by atoms with Crippen molar-refractivity contribution >= 4 is 0 Å². The lowest BCUT2D eigenvalue weighted by Gasteiger charge is -1.97. The lowest BCUT2D eigenvalue weighted by atomic mass is 10.1. The van der Waals surface area contributed by atoms with Gasteiger partial charge < -0.3 is 4.74 Å². The van der Waals surface area contributed by atoms with Gasteiger partial charge in [0.25, 0.3) is 0 Å². The highest BCUT2D eigenvalue weighted by Crippen LogP contribution is 2.31. The molecule has 1 aromatic carbocycles. The Hall–Kier alpha value is -0.960. The molecule has 0 saturated carbocycles. The second-order valence-corrected chi connectivity index (χ2v) is 2.47. The van der Waals surface area contributed by atoms with Crippen molar-refractivity contribution in [3.8, 4) is 0 Å². The van der Waals surface area contributed by atoms with E-state index in [1.165, 1.54) is 12.1 Å². The third kappa shape index (κ3) is 1.12. The van der Waals surface area contributed by atoms with Crippen molar-refractivity contribution in [2.24, 2.45) is 0 Å². The van der Waals surface area contributed by atoms with E-state index < -0.39 is 11.6 Å². The summed E-state index contributed by atoms with van der Waals surface area (Å²) in [6.45, 7) is 0.500. The SMILES string of the molecule is Fc1cccc(C2CO2)c1F. The van der Waals surface area contributed by atoms with Crippen LogP contribution in [0.5, 0.6) is 0 Å². The largest absolute Gasteiger partial charge is 0.368 e. The molecule has 0 spiro atoms. The molecule has 0 N–H and O–H groups in total. The zero-order valence-electron chi connectivity index (χ0n) is 5.68. The minimum absolute atomic E-state index is 0.217. The molecule has 0 aliphatic carbocycles. The number of halogens is 2. The number of hydrogen-bond donors (Lipinski definition) is 0. The van der Waals surface area contributed by atoms with Crippen LogP contribution >= 0.6 is 0 Å². The van der Waals surface area contributed by atoms with E-state index in [4.69, 9.17) is 4.74 Å². The van der Waals surface area contributed by atoms with Crippen LogP contribution in [0.3, 0.4) is 0 Å². The first kappa shape index (κ1) is 6.73. The van der Waals surface area contributed by atoms with Crippen LogP contribution in [0, 0.1) is 11.6 Å². The third-order valence-electron chi connectivity index (χ3n) is 1.66. The van der Waals surface area contributed by atoms with E-state index in [0.29, 0.717) is 12.2 Å². The quantitative estimate of drug-likeness (QED) is 0.567. The number of hydrogen-bond acceptors (Lipinski definition) is 1. The number of ether oxygens (including phenoxy) is 1. The van der Waals surface area contributed by atoms with Crippen LogP contribution in [0.4, 0.5) is 8.78 Å². The molecule has 0 aromatic heterocycles. The molecule has 1 atom stereocenters. The van der Waals surface area contributed by atoms with Gasteiger partial charge in [-0.3, -0.25) is 0 Å². The summed E-state index contributed by atoms with van der Waals surface area (Å²) in [6, 6.07) is 4.12. The molecule has 0 bridgehead atoms. The summed E-state index contributed by atoms with van der Waals surface area (Å²) in [6.07, 6.45) is -0.217. The second kappa shape index (κ2) is 2.27. The Bertz CT molecular complexity index is 281. The molecule has 1 aromatic rings. The zero-order valence-corrected chi connectivity index (χ0v) is 5.68. The van der Waals surface area contributed by atoms with Crippen LogP contribution in [-0.2, 0) is 4.74 Å². The molecule has 2 rings (SSSR count). The molecule has 58 valence electrons. The molecule has 1 aliphatic heterocycles. The fraction of sp³-hybridized carbons (Fsp3) is 0.250. The van der Waals surface area contributed by atoms with Gasteiger partial charge in [0.05, 0.1) is 6.61 Å². The smallest absolute Gasteiger partial charge is 0.164 e. The normalized spacial score (nSPS) is 21.8. The molecule has 1 nitrogen and oxygen atoms in total. The van der Waals surface area contributed by atoms with E-state index in [2.05, 4.69) is 0 Å². The first-order valence-electron chi connectivity index (χ1n) is 3.34. The van der Waals surface area contributed by atoms with Gasteiger partial charge in [0.15, 0.2) is 11.6 Å². The summed E-state index contributed by atoms with van der Waals surface area (Å²) >= 11 is 0. The van der Waals surface area contributed by atoms with Crippen molar-refractivity contribution in [3.63, 3.8) is 0 Å². The summed E-state index contributed by atoms with van der Waals surface area (Å²) in [5.41, 5.74) is 0.324. The zero-order chi connectivity index (χ0) is 7.84. The third-order valence-corrected chi connectivity index (χ3v) is 1.66. The van der Waals surface area contributed by atoms with Gasteiger partial charge in [-0.05, 0) is 6.07 Å². The lowest BCUT2D eigenvalue weighted by Crippen LogP contribution is -1.91. The van der Waals surface area contributed by atoms with Crippen molar-refractivity contribution in [1.82, 2.24) is 0 Å². The van der Waals surface area contributed by atoms with Crippen LogP contribution < -0.4 is 0 Å². The number of benzene rings is 1. The summed E-state index contributed by atoms with van der Waals surface area (Å²) < 4.78 is 30.2. The van der Waals surface area contributed by atoms with Gasteiger partial charge in [0, 0.05) is 5.56 Å². The van der Waals surface area contributed by atoms with Crippen LogP contribution in [0.1, 0.15) is 11.7 Å². The Balaban J connectivity index is 2.45.